The molecule has 2 aliphatic heterocycles. The second kappa shape index (κ2) is 8.84. The normalized spacial score (nSPS) is 18.8. The van der Waals surface area contributed by atoms with Crippen LogP contribution in [0.1, 0.15) is 25.8 Å². The van der Waals surface area contributed by atoms with Crippen molar-refractivity contribution in [2.45, 2.75) is 33.3 Å². The summed E-state index contributed by atoms with van der Waals surface area (Å²) < 4.78 is 26.6. The second-order valence-electron chi connectivity index (χ2n) is 9.67. The van der Waals surface area contributed by atoms with Gasteiger partial charge in [0, 0.05) is 47.4 Å². The highest BCUT2D eigenvalue weighted by molar-refractivity contribution is 5.99. The Kier molecular flexibility index (Phi) is 5.84. The standard InChI is InChI=1S/C25H29FN6O3/c1-13-16(10-31-23-22(13)29-6-7-34-23)15-8-14-9-19(30-11-17(14)21(27)20(15)26)32-24(33)35-18-4-5-28-12-25(18,2)3/h8-11,18,28-29H,4-7,12,27H2,1-3H3,(H,30,32,33). The minimum Gasteiger partial charge on any atom is -0.474 e. The lowest BCUT2D eigenvalue weighted by molar-refractivity contribution is 0.00977. The van der Waals surface area contributed by atoms with E-state index in [1.165, 1.54) is 6.20 Å². The number of anilines is 3. The zero-order valence-electron chi connectivity index (χ0n) is 20.0. The molecule has 0 radical (unpaired) electrons. The molecule has 35 heavy (non-hydrogen) atoms. The number of nitrogens with zero attached hydrogens (tertiary/aromatic N) is 2. The number of hydrogen-bond donors (Lipinski definition) is 4. The molecule has 3 aromatic rings. The van der Waals surface area contributed by atoms with E-state index in [1.54, 1.807) is 18.3 Å². The van der Waals surface area contributed by atoms with Gasteiger partial charge < -0.3 is 25.8 Å². The van der Waals surface area contributed by atoms with E-state index >= 15 is 4.39 Å². The fraction of sp³-hybridized carbons (Fsp3) is 0.400. The van der Waals surface area contributed by atoms with Gasteiger partial charge in [-0.15, -0.1) is 0 Å². The number of pyridine rings is 2. The number of nitrogen functional groups attached to an aromatic ring is 1. The van der Waals surface area contributed by atoms with E-state index in [4.69, 9.17) is 15.2 Å². The summed E-state index contributed by atoms with van der Waals surface area (Å²) >= 11 is 0. The van der Waals surface area contributed by atoms with Gasteiger partial charge in [-0.05, 0) is 43.0 Å². The van der Waals surface area contributed by atoms with E-state index in [0.717, 1.165) is 30.8 Å². The lowest BCUT2D eigenvalue weighted by atomic mass is 9.82. The zero-order chi connectivity index (χ0) is 24.7. The van der Waals surface area contributed by atoms with E-state index in [-0.39, 0.29) is 17.2 Å². The first kappa shape index (κ1) is 23.1. The van der Waals surface area contributed by atoms with Gasteiger partial charge in [-0.2, -0.15) is 0 Å². The first-order valence-corrected chi connectivity index (χ1v) is 11.7. The van der Waals surface area contributed by atoms with Gasteiger partial charge in [-0.3, -0.25) is 5.32 Å². The van der Waals surface area contributed by atoms with Crippen molar-refractivity contribution in [2.75, 3.05) is 42.6 Å². The largest absolute Gasteiger partial charge is 0.474 e. The molecule has 9 nitrogen and oxygen atoms in total. The molecule has 1 fully saturated rings. The van der Waals surface area contributed by atoms with Crippen molar-refractivity contribution in [3.8, 4) is 17.0 Å². The Labute approximate surface area is 202 Å². The highest BCUT2D eigenvalue weighted by Gasteiger charge is 2.35. The van der Waals surface area contributed by atoms with Gasteiger partial charge in [0.2, 0.25) is 5.88 Å². The molecule has 1 unspecified atom stereocenters. The molecular weight excluding hydrogens is 451 g/mol. The maximum absolute atomic E-state index is 15.3. The Morgan fingerprint density at radius 3 is 2.89 bits per heavy atom. The van der Waals surface area contributed by atoms with Crippen LogP contribution in [-0.2, 0) is 4.74 Å². The smallest absolute Gasteiger partial charge is 0.413 e. The number of fused-ring (bicyclic) bond motifs is 2. The number of amides is 1. The van der Waals surface area contributed by atoms with Crippen molar-refractivity contribution in [1.29, 1.82) is 0 Å². The topological polar surface area (TPSA) is 123 Å². The molecule has 0 bridgehead atoms. The number of carbonyl (C=O) groups is 1. The van der Waals surface area contributed by atoms with Gasteiger partial charge in [0.05, 0.1) is 5.69 Å². The molecule has 1 amide bonds. The van der Waals surface area contributed by atoms with Crippen molar-refractivity contribution in [3.63, 3.8) is 0 Å². The van der Waals surface area contributed by atoms with Gasteiger partial charge in [-0.1, -0.05) is 13.8 Å². The van der Waals surface area contributed by atoms with Gasteiger partial charge in [0.25, 0.3) is 0 Å². The number of halogens is 1. The third kappa shape index (κ3) is 4.29. The molecule has 184 valence electrons. The highest BCUT2D eigenvalue weighted by atomic mass is 19.1. The van der Waals surface area contributed by atoms with E-state index in [2.05, 4.69) is 39.8 Å². The summed E-state index contributed by atoms with van der Waals surface area (Å²) in [6.45, 7) is 8.73. The zero-order valence-corrected chi connectivity index (χ0v) is 20.0. The maximum atomic E-state index is 15.3. The summed E-state index contributed by atoms with van der Waals surface area (Å²) in [4.78, 5) is 21.2. The monoisotopic (exact) mass is 480 g/mol. The fourth-order valence-corrected chi connectivity index (χ4v) is 4.68. The molecule has 0 aliphatic carbocycles. The Morgan fingerprint density at radius 2 is 2.09 bits per heavy atom. The SMILES string of the molecule is Cc1c(-c2cc3cc(NC(=O)OC4CCNCC4(C)C)ncc3c(N)c2F)cnc2c1NCCO2. The second-order valence-corrected chi connectivity index (χ2v) is 9.67. The van der Waals surface area contributed by atoms with Gasteiger partial charge >= 0.3 is 6.09 Å². The summed E-state index contributed by atoms with van der Waals surface area (Å²) in [7, 11) is 0. The highest BCUT2D eigenvalue weighted by Crippen LogP contribution is 2.39. The van der Waals surface area contributed by atoms with Crippen LogP contribution in [0.15, 0.2) is 24.5 Å². The van der Waals surface area contributed by atoms with Crippen molar-refractivity contribution < 1.29 is 18.7 Å². The molecular formula is C25H29FN6O3. The van der Waals surface area contributed by atoms with Crippen LogP contribution in [-0.4, -0.2) is 48.4 Å². The van der Waals surface area contributed by atoms with Crippen LogP contribution in [0.4, 0.5) is 26.4 Å². The molecule has 10 heteroatoms. The fourth-order valence-electron chi connectivity index (χ4n) is 4.68. The summed E-state index contributed by atoms with van der Waals surface area (Å²) in [5.74, 6) is 0.244. The molecule has 1 atom stereocenters. The third-order valence-corrected chi connectivity index (χ3v) is 6.75. The number of nitrogens with two attached hydrogens (primary N) is 1. The van der Waals surface area contributed by atoms with Crippen LogP contribution in [0.2, 0.25) is 0 Å². The number of nitrogens with one attached hydrogen (secondary N) is 3. The van der Waals surface area contributed by atoms with Crippen LogP contribution in [0, 0.1) is 18.2 Å². The van der Waals surface area contributed by atoms with Crippen LogP contribution in [0.5, 0.6) is 5.88 Å². The first-order chi connectivity index (χ1) is 16.7. The quantitative estimate of drug-likeness (QED) is 0.414. The first-order valence-electron chi connectivity index (χ1n) is 11.7. The Hall–Kier alpha value is -3.66. The number of rotatable bonds is 3. The summed E-state index contributed by atoms with van der Waals surface area (Å²) in [6, 6.07) is 3.35. The Bertz CT molecular complexity index is 1310. The summed E-state index contributed by atoms with van der Waals surface area (Å²) in [6.07, 6.45) is 2.99. The molecule has 5 rings (SSSR count). The minimum absolute atomic E-state index is 0.0167. The molecule has 2 aromatic heterocycles. The van der Waals surface area contributed by atoms with Crippen LogP contribution >= 0.6 is 0 Å². The van der Waals surface area contributed by atoms with E-state index in [0.29, 0.717) is 46.7 Å². The van der Waals surface area contributed by atoms with Crippen LogP contribution in [0.3, 0.4) is 0 Å². The van der Waals surface area contributed by atoms with Crippen molar-refractivity contribution >= 4 is 34.1 Å². The third-order valence-electron chi connectivity index (χ3n) is 6.75. The molecule has 0 spiro atoms. The van der Waals surface area contributed by atoms with Crippen molar-refractivity contribution in [1.82, 2.24) is 15.3 Å². The predicted molar refractivity (Wildman–Crippen MR) is 133 cm³/mol. The van der Waals surface area contributed by atoms with Crippen molar-refractivity contribution in [3.05, 3.63) is 35.9 Å². The molecule has 0 saturated carbocycles. The number of aromatic nitrogens is 2. The van der Waals surface area contributed by atoms with Gasteiger partial charge in [0.15, 0.2) is 5.82 Å². The minimum atomic E-state index is -0.576. The number of benzene rings is 1. The summed E-state index contributed by atoms with van der Waals surface area (Å²) in [5.41, 5.74) is 8.44. The van der Waals surface area contributed by atoms with Crippen LogP contribution < -0.4 is 26.4 Å². The van der Waals surface area contributed by atoms with E-state index in [1.807, 2.05) is 6.92 Å². The number of piperidine rings is 1. The van der Waals surface area contributed by atoms with E-state index < -0.39 is 11.9 Å². The van der Waals surface area contributed by atoms with Gasteiger partial charge in [-0.25, -0.2) is 19.2 Å². The predicted octanol–water partition coefficient (Wildman–Crippen LogP) is 4.07. The summed E-state index contributed by atoms with van der Waals surface area (Å²) in [5, 5.41) is 10.4. The average Bonchev–Trinajstić information content (AvgIpc) is 2.83. The number of ether oxygens (including phenoxy) is 2. The molecule has 4 heterocycles. The number of carbonyl (C=O) groups excluding carboxylic acids is 1. The Morgan fingerprint density at radius 1 is 1.26 bits per heavy atom. The molecule has 1 aromatic carbocycles. The van der Waals surface area contributed by atoms with Crippen molar-refractivity contribution in [2.24, 2.45) is 5.41 Å². The maximum Gasteiger partial charge on any atom is 0.413 e. The molecule has 2 aliphatic rings. The molecule has 1 saturated heterocycles. The average molecular weight is 481 g/mol. The van der Waals surface area contributed by atoms with E-state index in [9.17, 15) is 4.79 Å². The van der Waals surface area contributed by atoms with Crippen LogP contribution in [0.25, 0.3) is 21.9 Å². The number of hydrogen-bond acceptors (Lipinski definition) is 8. The lowest BCUT2D eigenvalue weighted by Crippen LogP contribution is -2.48. The lowest BCUT2D eigenvalue weighted by Gasteiger charge is -2.38. The van der Waals surface area contributed by atoms with Gasteiger partial charge in [0.1, 0.15) is 24.2 Å². The molecule has 5 N–H and O–H groups in total. The Balaban J connectivity index is 1.46.